The van der Waals surface area contributed by atoms with Crippen LogP contribution in [0.1, 0.15) is 43.2 Å². The molecule has 2 fully saturated rings. The third-order valence-electron chi connectivity index (χ3n) is 9.04. The summed E-state index contributed by atoms with van der Waals surface area (Å²) in [7, 11) is 0. The van der Waals surface area contributed by atoms with Crippen molar-refractivity contribution in [3.05, 3.63) is 101 Å². The van der Waals surface area contributed by atoms with Gasteiger partial charge < -0.3 is 14.8 Å². The number of nitrogens with one attached hydrogen (secondary N) is 1. The van der Waals surface area contributed by atoms with Gasteiger partial charge >= 0.3 is 0 Å². The van der Waals surface area contributed by atoms with Crippen LogP contribution < -0.4 is 10.7 Å². The Hall–Kier alpha value is -3.67. The van der Waals surface area contributed by atoms with Gasteiger partial charge in [-0.25, -0.2) is 4.98 Å². The first-order valence-electron chi connectivity index (χ1n) is 15.2. The summed E-state index contributed by atoms with van der Waals surface area (Å²) in [6, 6.07) is 30.9. The molecule has 0 bridgehead atoms. The fourth-order valence-corrected chi connectivity index (χ4v) is 6.84. The van der Waals surface area contributed by atoms with Gasteiger partial charge in [-0.15, -0.1) is 12.4 Å². The van der Waals surface area contributed by atoms with Gasteiger partial charge in [-0.2, -0.15) is 0 Å². The van der Waals surface area contributed by atoms with E-state index in [0.717, 1.165) is 51.4 Å². The Balaban J connectivity index is 0.00000316. The molecular weight excluding hydrogens is 538 g/mol. The molecule has 0 saturated carbocycles. The molecule has 5 nitrogen and oxygen atoms in total. The minimum atomic E-state index is 0. The molecule has 3 aliphatic heterocycles. The molecule has 3 aromatic rings. The van der Waals surface area contributed by atoms with Crippen LogP contribution in [0.3, 0.4) is 0 Å². The largest absolute Gasteiger partial charge is 0.354 e. The third-order valence-corrected chi connectivity index (χ3v) is 9.04. The summed E-state index contributed by atoms with van der Waals surface area (Å²) < 4.78 is 2.34. The number of aryl methyl sites for hydroxylation is 2. The fourth-order valence-electron chi connectivity index (χ4n) is 6.84. The summed E-state index contributed by atoms with van der Waals surface area (Å²) in [4.78, 5) is 13.3. The molecule has 6 heteroatoms. The zero-order valence-corrected chi connectivity index (χ0v) is 25.4. The number of nitrogens with zero attached hydrogens (tertiary/aromatic N) is 4. The highest BCUT2D eigenvalue weighted by Crippen LogP contribution is 2.32. The standard InChI is InChI=1S/C36H39N5.ClH/c1-25-12-16-28(17-13-25)38-32-22-33-36(23-31(32)37-24-27-8-7-21-40-20-6-5-10-34(27)40)41(29-18-14-26(2)15-19-29)35-11-4-3-9-30(35)39-33;/h3-4,9,11-19,22-23,27,34,38H,5-8,10,20-21,24H2,1-2H3;1H/t27-,34+;/m0./s1. The SMILES string of the molecule is Cc1ccc(Nc2cc3nc4ccccc4n(-c4ccc(C)cc4)c-3cc2=NC[C@@H]2CCCN3CCCC[C@H]23)cc1.Cl. The summed E-state index contributed by atoms with van der Waals surface area (Å²) in [6.45, 7) is 7.63. The van der Waals surface area contributed by atoms with Crippen LogP contribution in [0.15, 0.2) is 89.9 Å². The summed E-state index contributed by atoms with van der Waals surface area (Å²) >= 11 is 0. The Morgan fingerprint density at radius 1 is 0.833 bits per heavy atom. The van der Waals surface area contributed by atoms with E-state index in [1.165, 1.54) is 56.3 Å². The Morgan fingerprint density at radius 3 is 2.38 bits per heavy atom. The third kappa shape index (κ3) is 5.68. The number of benzene rings is 4. The second kappa shape index (κ2) is 12.3. The molecule has 2 atom stereocenters. The van der Waals surface area contributed by atoms with E-state index in [4.69, 9.17) is 9.98 Å². The maximum Gasteiger partial charge on any atom is 0.0900 e. The second-order valence-corrected chi connectivity index (χ2v) is 12.0. The van der Waals surface area contributed by atoms with Crippen LogP contribution in [-0.4, -0.2) is 40.1 Å². The molecule has 4 aliphatic rings. The molecule has 0 unspecified atom stereocenters. The van der Waals surface area contributed by atoms with E-state index in [0.29, 0.717) is 12.0 Å². The van der Waals surface area contributed by atoms with Crippen molar-refractivity contribution in [3.63, 3.8) is 0 Å². The molecule has 42 heavy (non-hydrogen) atoms. The molecule has 1 aliphatic carbocycles. The Labute approximate surface area is 255 Å². The van der Waals surface area contributed by atoms with E-state index >= 15 is 0 Å². The smallest absolute Gasteiger partial charge is 0.0900 e. The summed E-state index contributed by atoms with van der Waals surface area (Å²) in [5.74, 6) is 0.617. The fraction of sp³-hybridized carbons (Fsp3) is 0.333. The van der Waals surface area contributed by atoms with Crippen LogP contribution in [0.25, 0.3) is 28.1 Å². The van der Waals surface area contributed by atoms with Crippen molar-refractivity contribution >= 4 is 34.8 Å². The van der Waals surface area contributed by atoms with Crippen molar-refractivity contribution in [3.8, 4) is 17.1 Å². The molecular formula is C36H40ClN5. The van der Waals surface area contributed by atoms with Crippen molar-refractivity contribution in [2.75, 3.05) is 25.0 Å². The van der Waals surface area contributed by atoms with Crippen molar-refractivity contribution in [2.24, 2.45) is 10.9 Å². The molecule has 3 heterocycles. The first-order chi connectivity index (χ1) is 20.1. The number of halogens is 1. The zero-order chi connectivity index (χ0) is 27.8. The molecule has 0 aromatic heterocycles. The van der Waals surface area contributed by atoms with E-state index in [9.17, 15) is 0 Å². The maximum atomic E-state index is 5.38. The summed E-state index contributed by atoms with van der Waals surface area (Å²) in [5, 5.41) is 4.70. The Bertz CT molecular complexity index is 1700. The Morgan fingerprint density at radius 2 is 1.57 bits per heavy atom. The van der Waals surface area contributed by atoms with Crippen LogP contribution >= 0.6 is 12.4 Å². The van der Waals surface area contributed by atoms with Crippen LogP contribution in [0.2, 0.25) is 0 Å². The topological polar surface area (TPSA) is 45.5 Å². The molecule has 0 radical (unpaired) electrons. The van der Waals surface area contributed by atoms with Crippen molar-refractivity contribution in [2.45, 2.75) is 52.0 Å². The predicted molar refractivity (Wildman–Crippen MR) is 177 cm³/mol. The molecule has 1 N–H and O–H groups in total. The summed E-state index contributed by atoms with van der Waals surface area (Å²) in [6.07, 6.45) is 6.56. The molecule has 216 valence electrons. The molecule has 2 saturated heterocycles. The number of anilines is 2. The van der Waals surface area contributed by atoms with Gasteiger partial charge in [0.15, 0.2) is 0 Å². The van der Waals surface area contributed by atoms with E-state index in [-0.39, 0.29) is 12.4 Å². The average Bonchev–Trinajstić information content (AvgIpc) is 3.00. The second-order valence-electron chi connectivity index (χ2n) is 12.0. The molecule has 7 rings (SSSR count). The van der Waals surface area contributed by atoms with E-state index in [1.807, 2.05) is 0 Å². The van der Waals surface area contributed by atoms with E-state index in [1.54, 1.807) is 0 Å². The lowest BCUT2D eigenvalue weighted by Gasteiger charge is -2.44. The van der Waals surface area contributed by atoms with Gasteiger partial charge in [-0.05, 0) is 107 Å². The average molecular weight is 578 g/mol. The molecule has 3 aromatic carbocycles. The molecule has 0 amide bonds. The van der Waals surface area contributed by atoms with Crippen LogP contribution in [0.4, 0.5) is 11.4 Å². The van der Waals surface area contributed by atoms with Crippen molar-refractivity contribution in [1.29, 1.82) is 0 Å². The minimum absolute atomic E-state index is 0. The number of aromatic nitrogens is 2. The number of fused-ring (bicyclic) bond motifs is 3. The normalized spacial score (nSPS) is 19.4. The number of rotatable bonds is 5. The van der Waals surface area contributed by atoms with Crippen LogP contribution in [0, 0.1) is 19.8 Å². The maximum absolute atomic E-state index is 5.38. The highest BCUT2D eigenvalue weighted by molar-refractivity contribution is 5.85. The highest BCUT2D eigenvalue weighted by atomic mass is 35.5. The van der Waals surface area contributed by atoms with Gasteiger partial charge in [0.05, 0.1) is 33.5 Å². The number of para-hydroxylation sites is 2. The number of hydrogen-bond donors (Lipinski definition) is 1. The molecule has 0 spiro atoms. The summed E-state index contributed by atoms with van der Waals surface area (Å²) in [5.41, 5.74) is 9.81. The first-order valence-corrected chi connectivity index (χ1v) is 15.2. The van der Waals surface area contributed by atoms with E-state index in [2.05, 4.69) is 114 Å². The number of hydrogen-bond acceptors (Lipinski definition) is 4. The van der Waals surface area contributed by atoms with Gasteiger partial charge in [-0.1, -0.05) is 53.9 Å². The predicted octanol–water partition coefficient (Wildman–Crippen LogP) is 8.08. The van der Waals surface area contributed by atoms with Gasteiger partial charge in [0.25, 0.3) is 0 Å². The van der Waals surface area contributed by atoms with Crippen molar-refractivity contribution in [1.82, 2.24) is 14.5 Å². The van der Waals surface area contributed by atoms with Crippen molar-refractivity contribution < 1.29 is 0 Å². The lowest BCUT2D eigenvalue weighted by molar-refractivity contribution is 0.0631. The van der Waals surface area contributed by atoms with Gasteiger partial charge in [0, 0.05) is 24.0 Å². The van der Waals surface area contributed by atoms with Gasteiger partial charge in [0.1, 0.15) is 0 Å². The van der Waals surface area contributed by atoms with Gasteiger partial charge in [0.2, 0.25) is 0 Å². The Kier molecular flexibility index (Phi) is 8.32. The van der Waals surface area contributed by atoms with Crippen LogP contribution in [0.5, 0.6) is 0 Å². The minimum Gasteiger partial charge on any atom is -0.354 e. The number of piperidine rings is 2. The lowest BCUT2D eigenvalue weighted by Crippen LogP contribution is -2.48. The lowest BCUT2D eigenvalue weighted by atomic mass is 9.83. The van der Waals surface area contributed by atoms with E-state index < -0.39 is 0 Å². The van der Waals surface area contributed by atoms with Crippen LogP contribution in [-0.2, 0) is 0 Å². The quantitative estimate of drug-likeness (QED) is 0.215. The van der Waals surface area contributed by atoms with Gasteiger partial charge in [-0.3, -0.25) is 4.99 Å². The first kappa shape index (κ1) is 28.4. The zero-order valence-electron chi connectivity index (χ0n) is 24.6. The monoisotopic (exact) mass is 577 g/mol. The highest BCUT2D eigenvalue weighted by Gasteiger charge is 2.32.